The Hall–Kier alpha value is -3.73. The van der Waals surface area contributed by atoms with Crippen LogP contribution < -0.4 is 16.0 Å². The highest BCUT2D eigenvalue weighted by atomic mass is 16.3. The van der Waals surface area contributed by atoms with Gasteiger partial charge in [-0.2, -0.15) is 0 Å². The van der Waals surface area contributed by atoms with Crippen LogP contribution in [-0.2, 0) is 11.2 Å². The summed E-state index contributed by atoms with van der Waals surface area (Å²) in [6, 6.07) is 9.75. The predicted molar refractivity (Wildman–Crippen MR) is 131 cm³/mol. The molecule has 0 radical (unpaired) electrons. The van der Waals surface area contributed by atoms with Gasteiger partial charge in [-0.1, -0.05) is 12.1 Å². The molecule has 1 saturated heterocycles. The van der Waals surface area contributed by atoms with Crippen molar-refractivity contribution < 1.29 is 20.1 Å². The number of carbonyl (C=O) groups is 1. The third-order valence-corrected chi connectivity index (χ3v) is 6.30. The molecule has 0 bridgehead atoms. The number of phenolic OH excluding ortho intramolecular Hbond substituents is 2. The van der Waals surface area contributed by atoms with Gasteiger partial charge >= 0.3 is 0 Å². The van der Waals surface area contributed by atoms with E-state index in [1.165, 1.54) is 25.0 Å². The van der Waals surface area contributed by atoms with Crippen LogP contribution in [-0.4, -0.2) is 62.3 Å². The van der Waals surface area contributed by atoms with E-state index in [2.05, 4.69) is 30.8 Å². The van der Waals surface area contributed by atoms with E-state index in [-0.39, 0.29) is 29.8 Å². The van der Waals surface area contributed by atoms with E-state index in [9.17, 15) is 20.1 Å². The minimum Gasteiger partial charge on any atom is -0.504 e. The van der Waals surface area contributed by atoms with Crippen molar-refractivity contribution in [1.29, 1.82) is 0 Å². The first-order chi connectivity index (χ1) is 17.0. The molecule has 1 atom stereocenters. The second-order valence-corrected chi connectivity index (χ2v) is 8.83. The Balaban J connectivity index is 1.37. The maximum atomic E-state index is 12.5. The highest BCUT2D eigenvalue weighted by molar-refractivity contribution is 6.00. The van der Waals surface area contributed by atoms with Crippen molar-refractivity contribution in [2.45, 2.75) is 25.5 Å². The Bertz CT molecular complexity index is 1240. The van der Waals surface area contributed by atoms with Crippen molar-refractivity contribution in [3.63, 3.8) is 0 Å². The standard InChI is InChI=1S/C25H28N6O4/c32-20-6-4-17(13-21(20)33)28-25-27-14-16-12-22(34)29-19-11-15(3-5-18(19)23(16)30-25)24(35)26-7-10-31-8-1-2-9-31/h3-6,11,13-14,24,26,32-33,35H,1-2,7-10,12H2,(H,29,34)(H,27,28,30). The molecular formula is C25H28N6O4. The first-order valence-electron chi connectivity index (χ1n) is 11.7. The molecule has 10 nitrogen and oxygen atoms in total. The molecule has 2 aliphatic rings. The summed E-state index contributed by atoms with van der Waals surface area (Å²) in [6.45, 7) is 3.77. The SMILES string of the molecule is O=C1Cc2cnc(Nc3ccc(O)c(O)c3)nc2-c2ccc(C(O)NCCN3CCCC3)cc2N1. The minimum absolute atomic E-state index is 0.121. The largest absolute Gasteiger partial charge is 0.504 e. The van der Waals surface area contributed by atoms with Gasteiger partial charge in [0.15, 0.2) is 11.5 Å². The van der Waals surface area contributed by atoms with Crippen molar-refractivity contribution in [3.8, 4) is 22.8 Å². The number of likely N-dealkylation sites (tertiary alicyclic amines) is 1. The molecule has 10 heteroatoms. The molecule has 35 heavy (non-hydrogen) atoms. The summed E-state index contributed by atoms with van der Waals surface area (Å²) in [5, 5.41) is 39.0. The lowest BCUT2D eigenvalue weighted by molar-refractivity contribution is -0.115. The topological polar surface area (TPSA) is 143 Å². The number of hydrogen-bond donors (Lipinski definition) is 6. The average Bonchev–Trinajstić information content (AvgIpc) is 3.31. The van der Waals surface area contributed by atoms with E-state index in [0.29, 0.717) is 34.7 Å². The Morgan fingerprint density at radius 2 is 1.91 bits per heavy atom. The smallest absolute Gasteiger partial charge is 0.228 e. The van der Waals surface area contributed by atoms with Gasteiger partial charge in [0.05, 0.1) is 17.8 Å². The molecule has 2 aliphatic heterocycles. The van der Waals surface area contributed by atoms with Crippen LogP contribution in [0.5, 0.6) is 11.5 Å². The number of fused-ring (bicyclic) bond motifs is 3. The fourth-order valence-electron chi connectivity index (χ4n) is 4.45. The first kappa shape index (κ1) is 23.0. The quantitative estimate of drug-likeness (QED) is 0.172. The van der Waals surface area contributed by atoms with E-state index in [4.69, 9.17) is 0 Å². The maximum Gasteiger partial charge on any atom is 0.228 e. The molecule has 1 unspecified atom stereocenters. The zero-order valence-electron chi connectivity index (χ0n) is 19.2. The number of carbonyl (C=O) groups excluding carboxylic acids is 1. The number of amides is 1. The summed E-state index contributed by atoms with van der Waals surface area (Å²) in [6.07, 6.45) is 3.32. The highest BCUT2D eigenvalue weighted by Crippen LogP contribution is 2.35. The number of aliphatic hydroxyl groups excluding tert-OH is 1. The molecule has 3 heterocycles. The molecule has 1 fully saturated rings. The molecule has 0 spiro atoms. The number of aromatic nitrogens is 2. The van der Waals surface area contributed by atoms with Crippen LogP contribution in [0.15, 0.2) is 42.6 Å². The summed E-state index contributed by atoms with van der Waals surface area (Å²) < 4.78 is 0. The third kappa shape index (κ3) is 5.19. The summed E-state index contributed by atoms with van der Waals surface area (Å²) in [4.78, 5) is 23.8. The van der Waals surface area contributed by atoms with E-state index in [0.717, 1.165) is 25.2 Å². The molecule has 3 aromatic rings. The van der Waals surface area contributed by atoms with E-state index in [1.807, 2.05) is 12.1 Å². The van der Waals surface area contributed by atoms with Crippen LogP contribution >= 0.6 is 0 Å². The first-order valence-corrected chi connectivity index (χ1v) is 11.7. The van der Waals surface area contributed by atoms with Crippen molar-refractivity contribution >= 4 is 23.2 Å². The molecule has 2 aromatic carbocycles. The Labute approximate surface area is 202 Å². The Morgan fingerprint density at radius 3 is 2.71 bits per heavy atom. The van der Waals surface area contributed by atoms with Gasteiger partial charge in [-0.05, 0) is 49.7 Å². The lowest BCUT2D eigenvalue weighted by Gasteiger charge is -2.19. The predicted octanol–water partition coefficient (Wildman–Crippen LogP) is 2.47. The lowest BCUT2D eigenvalue weighted by Crippen LogP contribution is -2.32. The van der Waals surface area contributed by atoms with Crippen LogP contribution in [0.2, 0.25) is 0 Å². The average molecular weight is 477 g/mol. The summed E-state index contributed by atoms with van der Waals surface area (Å²) in [5.74, 6) is -0.390. The number of phenols is 2. The third-order valence-electron chi connectivity index (χ3n) is 6.30. The second kappa shape index (κ2) is 9.87. The number of nitrogens with zero attached hydrogens (tertiary/aromatic N) is 3. The number of benzene rings is 2. The number of rotatable bonds is 7. The highest BCUT2D eigenvalue weighted by Gasteiger charge is 2.22. The van der Waals surface area contributed by atoms with Crippen molar-refractivity contribution in [1.82, 2.24) is 20.2 Å². The molecule has 182 valence electrons. The van der Waals surface area contributed by atoms with Gasteiger partial charge < -0.3 is 30.9 Å². The second-order valence-electron chi connectivity index (χ2n) is 8.83. The van der Waals surface area contributed by atoms with Gasteiger partial charge in [0.2, 0.25) is 11.9 Å². The molecule has 1 amide bonds. The Kier molecular flexibility index (Phi) is 6.49. The van der Waals surface area contributed by atoms with Crippen molar-refractivity contribution in [2.75, 3.05) is 36.8 Å². The van der Waals surface area contributed by atoms with E-state index >= 15 is 0 Å². The van der Waals surface area contributed by atoms with Gasteiger partial charge in [0, 0.05) is 42.2 Å². The van der Waals surface area contributed by atoms with Crippen LogP contribution in [0.3, 0.4) is 0 Å². The van der Waals surface area contributed by atoms with E-state index in [1.54, 1.807) is 18.3 Å². The van der Waals surface area contributed by atoms with Crippen molar-refractivity contribution in [3.05, 3.63) is 53.7 Å². The minimum atomic E-state index is -0.854. The van der Waals surface area contributed by atoms with Gasteiger partial charge in [0.1, 0.15) is 6.23 Å². The van der Waals surface area contributed by atoms with Gasteiger partial charge in [-0.15, -0.1) is 0 Å². The van der Waals surface area contributed by atoms with Gasteiger partial charge in [-0.3, -0.25) is 10.1 Å². The van der Waals surface area contributed by atoms with Gasteiger partial charge in [-0.25, -0.2) is 9.97 Å². The zero-order valence-corrected chi connectivity index (χ0v) is 19.2. The number of aliphatic hydroxyl groups is 1. The lowest BCUT2D eigenvalue weighted by atomic mass is 10.0. The molecule has 0 aliphatic carbocycles. The van der Waals surface area contributed by atoms with Gasteiger partial charge in [0.25, 0.3) is 0 Å². The van der Waals surface area contributed by atoms with Crippen LogP contribution in [0.4, 0.5) is 17.3 Å². The number of aromatic hydroxyl groups is 2. The zero-order chi connectivity index (χ0) is 24.4. The van der Waals surface area contributed by atoms with Crippen molar-refractivity contribution in [2.24, 2.45) is 0 Å². The summed E-state index contributed by atoms with van der Waals surface area (Å²) in [7, 11) is 0. The number of nitrogens with one attached hydrogen (secondary N) is 3. The number of hydrogen-bond acceptors (Lipinski definition) is 9. The fraction of sp³-hybridized carbons (Fsp3) is 0.320. The molecular weight excluding hydrogens is 448 g/mol. The van der Waals surface area contributed by atoms with Crippen LogP contribution in [0, 0.1) is 0 Å². The monoisotopic (exact) mass is 476 g/mol. The Morgan fingerprint density at radius 1 is 1.09 bits per heavy atom. The molecule has 1 aromatic heterocycles. The maximum absolute atomic E-state index is 12.5. The van der Waals surface area contributed by atoms with E-state index < -0.39 is 6.23 Å². The van der Waals surface area contributed by atoms with Crippen LogP contribution in [0.25, 0.3) is 11.3 Å². The number of anilines is 3. The summed E-state index contributed by atoms with van der Waals surface area (Å²) in [5.41, 5.74) is 3.72. The fourth-order valence-corrected chi connectivity index (χ4v) is 4.45. The molecule has 5 rings (SSSR count). The van der Waals surface area contributed by atoms with Crippen LogP contribution in [0.1, 0.15) is 30.2 Å². The molecule has 0 saturated carbocycles. The molecule has 6 N–H and O–H groups in total. The normalized spacial score (nSPS) is 16.2. The summed E-state index contributed by atoms with van der Waals surface area (Å²) >= 11 is 0.